The molecule has 1 heteroatoms. The fourth-order valence-electron chi connectivity index (χ4n) is 2.90. The van der Waals surface area contributed by atoms with Crippen molar-refractivity contribution < 1.29 is 0 Å². The van der Waals surface area contributed by atoms with Crippen molar-refractivity contribution in [3.8, 4) is 0 Å². The van der Waals surface area contributed by atoms with Crippen molar-refractivity contribution in [3.63, 3.8) is 0 Å². The summed E-state index contributed by atoms with van der Waals surface area (Å²) in [4.78, 5) is 0. The highest BCUT2D eigenvalue weighted by Gasteiger charge is 2.13. The van der Waals surface area contributed by atoms with Crippen LogP contribution in [-0.2, 0) is 0 Å². The molecule has 0 aromatic heterocycles. The second-order valence-corrected chi connectivity index (χ2v) is 6.83. The highest BCUT2D eigenvalue weighted by molar-refractivity contribution is 8.02. The maximum Gasteiger partial charge on any atom is 0.00886 e. The third-order valence-electron chi connectivity index (χ3n) is 4.10. The zero-order valence-corrected chi connectivity index (χ0v) is 13.2. The molecular formula is C20H22S. The molecule has 0 saturated heterocycles. The highest BCUT2D eigenvalue weighted by atomic mass is 32.2. The third kappa shape index (κ3) is 4.01. The lowest BCUT2D eigenvalue weighted by atomic mass is 10.00. The molecule has 0 radical (unpaired) electrons. The van der Waals surface area contributed by atoms with Gasteiger partial charge in [-0.2, -0.15) is 0 Å². The Morgan fingerprint density at radius 3 is 1.81 bits per heavy atom. The molecule has 0 atom stereocenters. The number of rotatable bonds is 4. The Morgan fingerprint density at radius 1 is 0.762 bits per heavy atom. The lowest BCUT2D eigenvalue weighted by Gasteiger charge is -2.20. The molecule has 0 unspecified atom stereocenters. The number of hydrogen-bond acceptors (Lipinski definition) is 1. The molecule has 1 fully saturated rings. The normalized spacial score (nSPS) is 15.6. The fraction of sp³-hybridized carbons (Fsp3) is 0.300. The summed E-state index contributed by atoms with van der Waals surface area (Å²) >= 11 is 2.03. The molecule has 0 heterocycles. The minimum Gasteiger partial charge on any atom is -0.130 e. The van der Waals surface area contributed by atoms with Gasteiger partial charge in [-0.25, -0.2) is 0 Å². The lowest BCUT2D eigenvalue weighted by molar-refractivity contribution is 0.517. The fourth-order valence-corrected chi connectivity index (χ4v) is 4.11. The van der Waals surface area contributed by atoms with Crippen molar-refractivity contribution in [2.45, 2.75) is 37.4 Å². The smallest absolute Gasteiger partial charge is 0.00886 e. The second kappa shape index (κ2) is 7.51. The van der Waals surface area contributed by atoms with E-state index >= 15 is 0 Å². The predicted molar refractivity (Wildman–Crippen MR) is 94.4 cm³/mol. The van der Waals surface area contributed by atoms with Crippen LogP contribution < -0.4 is 0 Å². The number of thioether (sulfide) groups is 1. The van der Waals surface area contributed by atoms with Gasteiger partial charge in [0.25, 0.3) is 0 Å². The standard InChI is InChI=1S/C20H22S/c1-4-10-17(11-5-1)20(18-12-6-2-7-13-18)16-21-19-14-8-3-9-15-19/h1-2,4-7,10-13,16,19H,3,8-9,14-15H2. The summed E-state index contributed by atoms with van der Waals surface area (Å²) in [6, 6.07) is 21.5. The zero-order chi connectivity index (χ0) is 14.3. The van der Waals surface area contributed by atoms with Crippen LogP contribution >= 0.6 is 11.8 Å². The first kappa shape index (κ1) is 14.5. The molecular weight excluding hydrogens is 272 g/mol. The first-order valence-corrected chi connectivity index (χ1v) is 8.84. The van der Waals surface area contributed by atoms with Crippen LogP contribution in [0, 0.1) is 0 Å². The molecule has 0 spiro atoms. The molecule has 3 rings (SSSR count). The van der Waals surface area contributed by atoms with Gasteiger partial charge in [0.15, 0.2) is 0 Å². The lowest BCUT2D eigenvalue weighted by Crippen LogP contribution is -2.06. The van der Waals surface area contributed by atoms with E-state index in [9.17, 15) is 0 Å². The molecule has 0 aliphatic heterocycles. The van der Waals surface area contributed by atoms with Gasteiger partial charge in [-0.15, -0.1) is 11.8 Å². The van der Waals surface area contributed by atoms with Crippen LogP contribution in [-0.4, -0.2) is 5.25 Å². The van der Waals surface area contributed by atoms with Crippen LogP contribution in [0.1, 0.15) is 43.2 Å². The largest absolute Gasteiger partial charge is 0.130 e. The minimum absolute atomic E-state index is 0.807. The van der Waals surface area contributed by atoms with Gasteiger partial charge >= 0.3 is 0 Å². The summed E-state index contributed by atoms with van der Waals surface area (Å²) in [5.41, 5.74) is 3.98. The molecule has 0 bridgehead atoms. The molecule has 0 amide bonds. The van der Waals surface area contributed by atoms with E-state index in [0.717, 1.165) is 5.25 Å². The third-order valence-corrected chi connectivity index (χ3v) is 5.33. The van der Waals surface area contributed by atoms with Crippen molar-refractivity contribution in [2.75, 3.05) is 0 Å². The Labute approximate surface area is 132 Å². The molecule has 1 saturated carbocycles. The second-order valence-electron chi connectivity index (χ2n) is 5.66. The van der Waals surface area contributed by atoms with Crippen molar-refractivity contribution in [3.05, 3.63) is 77.2 Å². The van der Waals surface area contributed by atoms with E-state index in [1.165, 1.54) is 48.8 Å². The Bertz CT molecular complexity index is 524. The summed E-state index contributed by atoms with van der Waals surface area (Å²) in [6.45, 7) is 0. The molecule has 1 aliphatic carbocycles. The molecule has 0 nitrogen and oxygen atoms in total. The van der Waals surface area contributed by atoms with Crippen molar-refractivity contribution in [1.82, 2.24) is 0 Å². The van der Waals surface area contributed by atoms with E-state index in [1.807, 2.05) is 11.8 Å². The SMILES string of the molecule is C(SC1CCCCC1)=C(c1ccccc1)c1ccccc1. The van der Waals surface area contributed by atoms with Crippen LogP contribution in [0.25, 0.3) is 5.57 Å². The van der Waals surface area contributed by atoms with Gasteiger partial charge in [0.1, 0.15) is 0 Å². The molecule has 0 N–H and O–H groups in total. The van der Waals surface area contributed by atoms with Crippen LogP contribution in [0.3, 0.4) is 0 Å². The first-order chi connectivity index (χ1) is 10.4. The van der Waals surface area contributed by atoms with E-state index in [2.05, 4.69) is 66.1 Å². The van der Waals surface area contributed by atoms with Gasteiger partial charge in [0, 0.05) is 5.25 Å². The van der Waals surface area contributed by atoms with Crippen molar-refractivity contribution in [1.29, 1.82) is 0 Å². The number of benzene rings is 2. The first-order valence-electron chi connectivity index (χ1n) is 7.90. The van der Waals surface area contributed by atoms with Crippen LogP contribution in [0.15, 0.2) is 66.1 Å². The molecule has 108 valence electrons. The molecule has 1 aliphatic rings. The van der Waals surface area contributed by atoms with Gasteiger partial charge in [0.2, 0.25) is 0 Å². The highest BCUT2D eigenvalue weighted by Crippen LogP contribution is 2.33. The predicted octanol–water partition coefficient (Wildman–Crippen LogP) is 6.14. The average Bonchev–Trinajstić information content (AvgIpc) is 2.58. The van der Waals surface area contributed by atoms with Crippen LogP contribution in [0.4, 0.5) is 0 Å². The Morgan fingerprint density at radius 2 is 1.29 bits per heavy atom. The maximum atomic E-state index is 2.39. The van der Waals surface area contributed by atoms with Crippen LogP contribution in [0.2, 0.25) is 0 Å². The summed E-state index contributed by atoms with van der Waals surface area (Å²) < 4.78 is 0. The Kier molecular flexibility index (Phi) is 5.18. The average molecular weight is 294 g/mol. The summed E-state index contributed by atoms with van der Waals surface area (Å²) in [7, 11) is 0. The van der Waals surface area contributed by atoms with Crippen molar-refractivity contribution in [2.24, 2.45) is 0 Å². The number of hydrogen-bond donors (Lipinski definition) is 0. The van der Waals surface area contributed by atoms with Gasteiger partial charge in [0.05, 0.1) is 0 Å². The van der Waals surface area contributed by atoms with Crippen LogP contribution in [0.5, 0.6) is 0 Å². The van der Waals surface area contributed by atoms with Gasteiger partial charge < -0.3 is 0 Å². The molecule has 2 aromatic carbocycles. The summed E-state index contributed by atoms with van der Waals surface area (Å²) in [5, 5.41) is 3.20. The molecule has 2 aromatic rings. The Balaban J connectivity index is 1.85. The Hall–Kier alpha value is -1.47. The van der Waals surface area contributed by atoms with E-state index in [0.29, 0.717) is 0 Å². The maximum absolute atomic E-state index is 2.39. The summed E-state index contributed by atoms with van der Waals surface area (Å²) in [6.07, 6.45) is 6.97. The van der Waals surface area contributed by atoms with Gasteiger partial charge in [-0.05, 0) is 34.9 Å². The van der Waals surface area contributed by atoms with E-state index in [1.54, 1.807) is 0 Å². The zero-order valence-electron chi connectivity index (χ0n) is 12.4. The van der Waals surface area contributed by atoms with Gasteiger partial charge in [-0.1, -0.05) is 79.9 Å². The monoisotopic (exact) mass is 294 g/mol. The van der Waals surface area contributed by atoms with E-state index in [-0.39, 0.29) is 0 Å². The van der Waals surface area contributed by atoms with E-state index < -0.39 is 0 Å². The quantitative estimate of drug-likeness (QED) is 0.652. The minimum atomic E-state index is 0.807. The topological polar surface area (TPSA) is 0 Å². The van der Waals surface area contributed by atoms with Crippen molar-refractivity contribution >= 4 is 17.3 Å². The summed E-state index contributed by atoms with van der Waals surface area (Å²) in [5.74, 6) is 0. The molecule has 21 heavy (non-hydrogen) atoms. The van der Waals surface area contributed by atoms with Gasteiger partial charge in [-0.3, -0.25) is 0 Å². The van der Waals surface area contributed by atoms with E-state index in [4.69, 9.17) is 0 Å².